The van der Waals surface area contributed by atoms with E-state index in [4.69, 9.17) is 25.8 Å². The molecule has 1 saturated heterocycles. The molecule has 1 aliphatic heterocycles. The number of aliphatic hydroxyl groups is 1. The van der Waals surface area contributed by atoms with Crippen LogP contribution in [0.15, 0.2) is 72.4 Å². The third kappa shape index (κ3) is 4.68. The number of aromatic amines is 1. The molecule has 1 fully saturated rings. The number of fused-ring (bicyclic) bond motifs is 1. The normalized spacial score (nSPS) is 16.6. The third-order valence-electron chi connectivity index (χ3n) is 6.99. The van der Waals surface area contributed by atoms with Gasteiger partial charge in [0.25, 0.3) is 11.7 Å². The van der Waals surface area contributed by atoms with Crippen LogP contribution in [0.5, 0.6) is 17.2 Å². The lowest BCUT2D eigenvalue weighted by molar-refractivity contribution is -0.139. The summed E-state index contributed by atoms with van der Waals surface area (Å²) in [5.74, 6) is -0.257. The topological polar surface area (TPSA) is 101 Å². The third-order valence-corrected chi connectivity index (χ3v) is 7.34. The van der Waals surface area contributed by atoms with Crippen LogP contribution in [-0.2, 0) is 16.0 Å². The summed E-state index contributed by atoms with van der Waals surface area (Å²) < 4.78 is 16.0. The molecule has 1 aromatic heterocycles. The Balaban J connectivity index is 1.58. The zero-order chi connectivity index (χ0) is 27.7. The second-order valence-electron chi connectivity index (χ2n) is 9.06. The fourth-order valence-corrected chi connectivity index (χ4v) is 5.24. The maximum Gasteiger partial charge on any atom is 0.295 e. The van der Waals surface area contributed by atoms with E-state index in [-0.39, 0.29) is 17.9 Å². The number of ether oxygens (including phenoxy) is 3. The Hall–Kier alpha value is -4.43. The maximum atomic E-state index is 13.4. The number of halogens is 1. The number of hydrogen-bond donors (Lipinski definition) is 2. The number of nitrogens with zero attached hydrogens (tertiary/aromatic N) is 1. The molecule has 39 heavy (non-hydrogen) atoms. The average Bonchev–Trinajstić information content (AvgIpc) is 3.48. The number of aromatic nitrogens is 1. The minimum Gasteiger partial charge on any atom is -0.507 e. The van der Waals surface area contributed by atoms with Gasteiger partial charge in [0.1, 0.15) is 11.5 Å². The summed E-state index contributed by atoms with van der Waals surface area (Å²) in [6.07, 6.45) is 2.34. The summed E-state index contributed by atoms with van der Waals surface area (Å²) in [4.78, 5) is 31.5. The lowest BCUT2D eigenvalue weighted by atomic mass is 9.95. The van der Waals surface area contributed by atoms with Crippen LogP contribution in [0, 0.1) is 0 Å². The van der Waals surface area contributed by atoms with Crippen molar-refractivity contribution in [3.63, 3.8) is 0 Å². The van der Waals surface area contributed by atoms with Gasteiger partial charge in [0.05, 0.1) is 32.9 Å². The number of rotatable bonds is 8. The van der Waals surface area contributed by atoms with Crippen molar-refractivity contribution in [2.75, 3.05) is 27.9 Å². The quantitative estimate of drug-likeness (QED) is 0.172. The molecule has 5 rings (SSSR count). The Morgan fingerprint density at radius 1 is 0.974 bits per heavy atom. The van der Waals surface area contributed by atoms with Gasteiger partial charge in [-0.2, -0.15) is 0 Å². The van der Waals surface area contributed by atoms with E-state index in [1.54, 1.807) is 49.6 Å². The monoisotopic (exact) mass is 546 g/mol. The largest absolute Gasteiger partial charge is 0.507 e. The molecule has 0 unspecified atom stereocenters. The number of nitrogens with one attached hydrogen (secondary N) is 1. The van der Waals surface area contributed by atoms with Gasteiger partial charge in [0, 0.05) is 34.2 Å². The highest BCUT2D eigenvalue weighted by atomic mass is 35.5. The van der Waals surface area contributed by atoms with Gasteiger partial charge in [-0.25, -0.2) is 0 Å². The van der Waals surface area contributed by atoms with Crippen molar-refractivity contribution in [3.8, 4) is 17.2 Å². The predicted octanol–water partition coefficient (Wildman–Crippen LogP) is 5.51. The van der Waals surface area contributed by atoms with Gasteiger partial charge in [0.2, 0.25) is 0 Å². The number of aliphatic hydroxyl groups excluding tert-OH is 1. The highest BCUT2D eigenvalue weighted by Gasteiger charge is 2.46. The number of carbonyl (C=O) groups is 2. The lowest BCUT2D eigenvalue weighted by Gasteiger charge is -2.26. The summed E-state index contributed by atoms with van der Waals surface area (Å²) in [7, 11) is 4.59. The Morgan fingerprint density at radius 3 is 2.46 bits per heavy atom. The first kappa shape index (κ1) is 26.2. The summed E-state index contributed by atoms with van der Waals surface area (Å²) in [5, 5.41) is 12.7. The maximum absolute atomic E-state index is 13.4. The number of ketones is 1. The molecular formula is C30H27ClN2O6. The zero-order valence-corrected chi connectivity index (χ0v) is 22.4. The van der Waals surface area contributed by atoms with Crippen molar-refractivity contribution in [2.24, 2.45) is 0 Å². The molecule has 0 aliphatic carbocycles. The molecule has 0 radical (unpaired) electrons. The van der Waals surface area contributed by atoms with Crippen molar-refractivity contribution in [2.45, 2.75) is 12.5 Å². The van der Waals surface area contributed by atoms with E-state index in [1.807, 2.05) is 24.4 Å². The fourth-order valence-electron chi connectivity index (χ4n) is 5.00. The molecule has 3 aromatic carbocycles. The SMILES string of the molecule is COc1ccc2[nH]cc(CCN3C(=O)C(=O)C(=C(O)c4ccc(OC)c(OC)c4)[C@@H]3c3ccccc3Cl)c2c1. The number of hydrogen-bond acceptors (Lipinski definition) is 6. The van der Waals surface area contributed by atoms with E-state index in [0.29, 0.717) is 34.1 Å². The second kappa shape index (κ2) is 10.7. The number of Topliss-reactive ketones (excluding diaryl/α,β-unsaturated/α-hetero) is 1. The minimum atomic E-state index is -0.883. The van der Waals surface area contributed by atoms with Gasteiger partial charge in [-0.05, 0) is 60.0 Å². The number of methoxy groups -OCH3 is 3. The summed E-state index contributed by atoms with van der Waals surface area (Å²) in [6.45, 7) is 0.216. The molecule has 200 valence electrons. The standard InChI is InChI=1S/C30H27ClN2O6/c1-37-19-9-10-23-21(15-19)18(16-32-23)12-13-33-27(20-6-4-5-7-22(20)31)26(29(35)30(33)36)28(34)17-8-11-24(38-2)25(14-17)39-3/h4-11,14-16,27,32,34H,12-13H2,1-3H3/t27-/m0/s1. The number of likely N-dealkylation sites (tertiary alicyclic amines) is 1. The van der Waals surface area contributed by atoms with Crippen molar-refractivity contribution < 1.29 is 28.9 Å². The molecule has 2 heterocycles. The van der Waals surface area contributed by atoms with E-state index < -0.39 is 17.7 Å². The molecule has 0 bridgehead atoms. The average molecular weight is 547 g/mol. The molecule has 1 aliphatic rings. The molecule has 1 atom stereocenters. The molecule has 8 nitrogen and oxygen atoms in total. The predicted molar refractivity (Wildman–Crippen MR) is 149 cm³/mol. The van der Waals surface area contributed by atoms with Gasteiger partial charge >= 0.3 is 0 Å². The first-order valence-corrected chi connectivity index (χ1v) is 12.6. The van der Waals surface area contributed by atoms with Crippen LogP contribution < -0.4 is 14.2 Å². The van der Waals surface area contributed by atoms with Crippen LogP contribution in [0.25, 0.3) is 16.7 Å². The van der Waals surface area contributed by atoms with Gasteiger partial charge in [-0.3, -0.25) is 9.59 Å². The molecule has 9 heteroatoms. The molecule has 2 N–H and O–H groups in total. The fraction of sp³-hybridized carbons (Fsp3) is 0.200. The number of H-pyrrole nitrogens is 1. The smallest absolute Gasteiger partial charge is 0.295 e. The lowest BCUT2D eigenvalue weighted by Crippen LogP contribution is -2.31. The Labute approximate surface area is 230 Å². The Morgan fingerprint density at radius 2 is 1.74 bits per heavy atom. The Kier molecular flexibility index (Phi) is 7.21. The van der Waals surface area contributed by atoms with Crippen molar-refractivity contribution in [1.82, 2.24) is 9.88 Å². The number of amides is 1. The first-order valence-electron chi connectivity index (χ1n) is 12.3. The summed E-state index contributed by atoms with van der Waals surface area (Å²) in [5.41, 5.74) is 2.71. The number of carbonyl (C=O) groups excluding carboxylic acids is 2. The van der Waals surface area contributed by atoms with Crippen LogP contribution >= 0.6 is 11.6 Å². The van der Waals surface area contributed by atoms with Crippen molar-refractivity contribution in [1.29, 1.82) is 0 Å². The van der Waals surface area contributed by atoms with E-state index in [9.17, 15) is 14.7 Å². The van der Waals surface area contributed by atoms with Crippen LogP contribution in [0.3, 0.4) is 0 Å². The second-order valence-corrected chi connectivity index (χ2v) is 9.47. The van der Waals surface area contributed by atoms with E-state index in [1.165, 1.54) is 19.1 Å². The van der Waals surface area contributed by atoms with Gasteiger partial charge < -0.3 is 29.2 Å². The van der Waals surface area contributed by atoms with E-state index in [0.717, 1.165) is 22.2 Å². The summed E-state index contributed by atoms with van der Waals surface area (Å²) in [6, 6.07) is 16.6. The summed E-state index contributed by atoms with van der Waals surface area (Å²) >= 11 is 6.57. The number of benzene rings is 3. The van der Waals surface area contributed by atoms with Crippen LogP contribution in [-0.4, -0.2) is 54.6 Å². The van der Waals surface area contributed by atoms with Gasteiger partial charge in [-0.15, -0.1) is 0 Å². The molecule has 0 saturated carbocycles. The minimum absolute atomic E-state index is 0.0408. The van der Waals surface area contributed by atoms with E-state index >= 15 is 0 Å². The molecule has 0 spiro atoms. The van der Waals surface area contributed by atoms with E-state index in [2.05, 4.69) is 4.98 Å². The van der Waals surface area contributed by atoms with Crippen LogP contribution in [0.4, 0.5) is 0 Å². The van der Waals surface area contributed by atoms with Crippen LogP contribution in [0.2, 0.25) is 5.02 Å². The molecular weight excluding hydrogens is 520 g/mol. The highest BCUT2D eigenvalue weighted by Crippen LogP contribution is 2.43. The Bertz CT molecular complexity index is 1610. The zero-order valence-electron chi connectivity index (χ0n) is 21.7. The highest BCUT2D eigenvalue weighted by molar-refractivity contribution is 6.47. The molecule has 4 aromatic rings. The van der Waals surface area contributed by atoms with Crippen molar-refractivity contribution in [3.05, 3.63) is 94.1 Å². The van der Waals surface area contributed by atoms with Gasteiger partial charge in [0.15, 0.2) is 11.5 Å². The molecule has 1 amide bonds. The first-order chi connectivity index (χ1) is 18.9. The van der Waals surface area contributed by atoms with Crippen LogP contribution in [0.1, 0.15) is 22.7 Å². The van der Waals surface area contributed by atoms with Crippen molar-refractivity contribution >= 4 is 40.0 Å². The van der Waals surface area contributed by atoms with Gasteiger partial charge in [-0.1, -0.05) is 29.8 Å².